The zero-order chi connectivity index (χ0) is 18.1. The first-order chi connectivity index (χ1) is 12.6. The van der Waals surface area contributed by atoms with Gasteiger partial charge in [0.15, 0.2) is 0 Å². The first kappa shape index (κ1) is 18.7. The number of benzene rings is 2. The van der Waals surface area contributed by atoms with Crippen LogP contribution in [-0.4, -0.2) is 0 Å². The number of halogens is 2. The molecule has 0 bridgehead atoms. The average Bonchev–Trinajstić information content (AvgIpc) is 3.26. The van der Waals surface area contributed by atoms with Crippen molar-refractivity contribution in [2.45, 2.75) is 39.4 Å². The quantitative estimate of drug-likeness (QED) is 0.408. The summed E-state index contributed by atoms with van der Waals surface area (Å²) in [6.07, 6.45) is 12.4. The summed E-state index contributed by atoms with van der Waals surface area (Å²) in [6, 6.07) is 17.3. The van der Waals surface area contributed by atoms with Gasteiger partial charge in [-0.05, 0) is 0 Å². The summed E-state index contributed by atoms with van der Waals surface area (Å²) in [5.41, 5.74) is 5.46. The van der Waals surface area contributed by atoms with Gasteiger partial charge < -0.3 is 0 Å². The Bertz CT molecular complexity index is 853. The fourth-order valence-electron chi connectivity index (χ4n) is 4.46. The van der Waals surface area contributed by atoms with Gasteiger partial charge in [-0.2, -0.15) is 0 Å². The Labute approximate surface area is 168 Å². The summed E-state index contributed by atoms with van der Waals surface area (Å²) in [4.78, 5) is 0. The molecule has 3 heteroatoms. The van der Waals surface area contributed by atoms with Gasteiger partial charge >= 0.3 is 169 Å². The Morgan fingerprint density at radius 1 is 0.885 bits per heavy atom. The van der Waals surface area contributed by atoms with Gasteiger partial charge in [-0.1, -0.05) is 0 Å². The molecule has 2 aromatic rings. The Hall–Kier alpha value is -0.617. The summed E-state index contributed by atoms with van der Waals surface area (Å²) < 4.78 is 0.745. The molecule has 2 aliphatic carbocycles. The molecule has 0 saturated carbocycles. The molecule has 2 aromatic carbocycles. The molecular weight excluding hydrogens is 438 g/mol. The van der Waals surface area contributed by atoms with Crippen LogP contribution >= 0.6 is 17.0 Å². The van der Waals surface area contributed by atoms with Gasteiger partial charge in [-0.3, -0.25) is 0 Å². The predicted molar refractivity (Wildman–Crippen MR) is 111 cm³/mol. The number of hydrogen-bond donors (Lipinski definition) is 0. The fourth-order valence-corrected chi connectivity index (χ4v) is 16.3. The van der Waals surface area contributed by atoms with E-state index in [-0.39, 0.29) is 3.63 Å². The van der Waals surface area contributed by atoms with Gasteiger partial charge in [0.25, 0.3) is 0 Å². The number of fused-ring (bicyclic) bond motifs is 2. The SMILES string of the molecule is CC[CH](CCC1C=Cc2ccccc21)[Zr]([Cl])([Cl])[CH]1C=Cc2ccccc21. The molecule has 0 heterocycles. The third kappa shape index (κ3) is 3.44. The van der Waals surface area contributed by atoms with Crippen molar-refractivity contribution in [3.05, 3.63) is 82.9 Å². The van der Waals surface area contributed by atoms with Crippen molar-refractivity contribution in [2.24, 2.45) is 0 Å². The molecule has 3 unspecified atom stereocenters. The van der Waals surface area contributed by atoms with Crippen LogP contribution < -0.4 is 0 Å². The Balaban J connectivity index is 1.49. The van der Waals surface area contributed by atoms with Crippen LogP contribution in [0.1, 0.15) is 58.0 Å². The Morgan fingerprint density at radius 2 is 1.50 bits per heavy atom. The van der Waals surface area contributed by atoms with E-state index in [0.717, 1.165) is 19.3 Å². The molecule has 0 spiro atoms. The van der Waals surface area contributed by atoms with Crippen LogP contribution in [0, 0.1) is 0 Å². The number of hydrogen-bond acceptors (Lipinski definition) is 0. The van der Waals surface area contributed by atoms with Gasteiger partial charge in [-0.15, -0.1) is 0 Å². The van der Waals surface area contributed by atoms with E-state index >= 15 is 0 Å². The second kappa shape index (κ2) is 7.78. The molecule has 0 N–H and O–H groups in total. The van der Waals surface area contributed by atoms with E-state index in [9.17, 15) is 0 Å². The molecule has 134 valence electrons. The van der Waals surface area contributed by atoms with Crippen molar-refractivity contribution >= 4 is 29.2 Å². The molecule has 0 nitrogen and oxygen atoms in total. The third-order valence-corrected chi connectivity index (χ3v) is 20.1. The van der Waals surface area contributed by atoms with Crippen LogP contribution in [-0.2, 0) is 17.9 Å². The molecule has 26 heavy (non-hydrogen) atoms. The molecule has 0 aliphatic heterocycles. The number of allylic oxidation sites excluding steroid dienone is 2. The van der Waals surface area contributed by atoms with Crippen molar-refractivity contribution in [3.63, 3.8) is 0 Å². The first-order valence-corrected chi connectivity index (χ1v) is 18.7. The maximum absolute atomic E-state index is 7.23. The second-order valence-corrected chi connectivity index (χ2v) is 22.8. The van der Waals surface area contributed by atoms with Crippen molar-refractivity contribution in [1.82, 2.24) is 0 Å². The van der Waals surface area contributed by atoms with Crippen molar-refractivity contribution < 1.29 is 17.9 Å². The summed E-state index contributed by atoms with van der Waals surface area (Å²) in [7, 11) is 14.5. The first-order valence-electron chi connectivity index (χ1n) is 9.53. The maximum atomic E-state index is 7.23. The van der Waals surface area contributed by atoms with Crippen LogP contribution in [0.3, 0.4) is 0 Å². The van der Waals surface area contributed by atoms with E-state index in [4.69, 9.17) is 17.0 Å². The Morgan fingerprint density at radius 3 is 2.23 bits per heavy atom. The zero-order valence-electron chi connectivity index (χ0n) is 15.0. The summed E-state index contributed by atoms with van der Waals surface area (Å²) in [5, 5.41) is 0. The van der Waals surface area contributed by atoms with Crippen LogP contribution in [0.15, 0.2) is 60.7 Å². The van der Waals surface area contributed by atoms with Crippen LogP contribution in [0.4, 0.5) is 0 Å². The molecule has 0 fully saturated rings. The van der Waals surface area contributed by atoms with Gasteiger partial charge in [0.05, 0.1) is 0 Å². The van der Waals surface area contributed by atoms with Crippen molar-refractivity contribution in [2.75, 3.05) is 0 Å². The minimum atomic E-state index is -3.35. The number of rotatable bonds is 6. The zero-order valence-corrected chi connectivity index (χ0v) is 19.0. The van der Waals surface area contributed by atoms with Crippen LogP contribution in [0.25, 0.3) is 12.2 Å². The van der Waals surface area contributed by atoms with Gasteiger partial charge in [0.1, 0.15) is 0 Å². The van der Waals surface area contributed by atoms with Gasteiger partial charge in [0.2, 0.25) is 0 Å². The van der Waals surface area contributed by atoms with E-state index in [0.29, 0.717) is 9.54 Å². The van der Waals surface area contributed by atoms with E-state index in [2.05, 4.69) is 79.8 Å². The van der Waals surface area contributed by atoms with Gasteiger partial charge in [-0.25, -0.2) is 0 Å². The minimum absolute atomic E-state index is 0.278. The molecule has 4 rings (SSSR count). The second-order valence-electron chi connectivity index (χ2n) is 7.42. The van der Waals surface area contributed by atoms with Crippen molar-refractivity contribution in [3.8, 4) is 0 Å². The monoisotopic (exact) mass is 460 g/mol. The molecule has 0 amide bonds. The van der Waals surface area contributed by atoms with Gasteiger partial charge in [0, 0.05) is 0 Å². The molecular formula is C23H24Cl2Zr. The van der Waals surface area contributed by atoms with Crippen molar-refractivity contribution in [1.29, 1.82) is 0 Å². The van der Waals surface area contributed by atoms with E-state index in [1.807, 2.05) is 0 Å². The van der Waals surface area contributed by atoms with Crippen LogP contribution in [0.2, 0.25) is 3.63 Å². The fraction of sp³-hybridized carbons (Fsp3) is 0.304. The molecule has 2 aliphatic rings. The topological polar surface area (TPSA) is 0 Å². The van der Waals surface area contributed by atoms with E-state index in [1.54, 1.807) is 0 Å². The average molecular weight is 463 g/mol. The molecule has 0 aromatic heterocycles. The molecule has 0 saturated heterocycles. The normalized spacial score (nSPS) is 21.7. The summed E-state index contributed by atoms with van der Waals surface area (Å²) >= 11 is -3.35. The molecule has 0 radical (unpaired) electrons. The van der Waals surface area contributed by atoms with E-state index in [1.165, 1.54) is 22.3 Å². The summed E-state index contributed by atoms with van der Waals surface area (Å²) in [6.45, 7) is 2.25. The standard InChI is InChI=1S/C14H17.C9H7.2ClH.Zr/c1-2-3-4-7-12-10-11-13-8-5-6-9-14(12)13;1-2-5-9-7-3-6-8(9)4-1;;;/h3,5-6,8-12H,2,4,7H2,1H3;1-7H;2*1H;/q;;;;+2/p-2. The predicted octanol–water partition coefficient (Wildman–Crippen LogP) is 8.01. The van der Waals surface area contributed by atoms with Crippen LogP contribution in [0.5, 0.6) is 0 Å². The summed E-state index contributed by atoms with van der Waals surface area (Å²) in [5.74, 6) is 0.516. The van der Waals surface area contributed by atoms with E-state index < -0.39 is 17.9 Å². The Kier molecular flexibility index (Phi) is 5.61. The third-order valence-electron chi connectivity index (χ3n) is 5.98. The molecule has 3 atom stereocenters.